The fourth-order valence-electron chi connectivity index (χ4n) is 1.64. The van der Waals surface area contributed by atoms with E-state index in [2.05, 4.69) is 16.9 Å². The van der Waals surface area contributed by atoms with Crippen LogP contribution in [0.2, 0.25) is 5.02 Å². The van der Waals surface area contributed by atoms with Crippen molar-refractivity contribution in [1.82, 2.24) is 9.97 Å². The van der Waals surface area contributed by atoms with Gasteiger partial charge in [0.15, 0.2) is 5.16 Å². The highest BCUT2D eigenvalue weighted by Gasteiger charge is 2.13. The largest absolute Gasteiger partial charge is 0.300 e. The Morgan fingerprint density at radius 2 is 2.10 bits per heavy atom. The lowest BCUT2D eigenvalue weighted by Crippen LogP contribution is -2.14. The van der Waals surface area contributed by atoms with Crippen molar-refractivity contribution in [3.8, 4) is 17.3 Å². The van der Waals surface area contributed by atoms with Gasteiger partial charge in [0.25, 0.3) is 5.56 Å². The van der Waals surface area contributed by atoms with Crippen molar-refractivity contribution >= 4 is 23.4 Å². The number of benzene rings is 1. The number of nitrogens with zero attached hydrogens (tertiary/aromatic N) is 2. The van der Waals surface area contributed by atoms with Gasteiger partial charge in [-0.05, 0) is 18.6 Å². The Morgan fingerprint density at radius 3 is 2.70 bits per heavy atom. The summed E-state index contributed by atoms with van der Waals surface area (Å²) in [5.74, 6) is 0.856. The second kappa shape index (κ2) is 6.60. The van der Waals surface area contributed by atoms with E-state index in [1.54, 1.807) is 24.3 Å². The highest BCUT2D eigenvalue weighted by molar-refractivity contribution is 7.99. The first kappa shape index (κ1) is 14.6. The molecule has 0 aliphatic rings. The van der Waals surface area contributed by atoms with E-state index in [9.17, 15) is 4.79 Å². The van der Waals surface area contributed by atoms with Crippen LogP contribution in [0.4, 0.5) is 0 Å². The second-order valence-corrected chi connectivity index (χ2v) is 5.58. The van der Waals surface area contributed by atoms with E-state index in [0.29, 0.717) is 21.4 Å². The molecular formula is C14H12ClN3OS. The molecule has 20 heavy (non-hydrogen) atoms. The Hall–Kier alpha value is -1.77. The van der Waals surface area contributed by atoms with Gasteiger partial charge in [-0.2, -0.15) is 5.26 Å². The molecular weight excluding hydrogens is 294 g/mol. The SMILES string of the molecule is CCCSc1nc(-c2ccc(Cl)cc2)c(C#N)c(=O)[nH]1. The van der Waals surface area contributed by atoms with Crippen LogP contribution in [0.25, 0.3) is 11.3 Å². The zero-order valence-electron chi connectivity index (χ0n) is 10.8. The Labute approximate surface area is 125 Å². The summed E-state index contributed by atoms with van der Waals surface area (Å²) in [6.45, 7) is 2.05. The lowest BCUT2D eigenvalue weighted by atomic mass is 10.1. The van der Waals surface area contributed by atoms with Gasteiger partial charge in [-0.3, -0.25) is 4.79 Å². The Balaban J connectivity index is 2.54. The molecule has 1 heterocycles. The number of aromatic nitrogens is 2. The average Bonchev–Trinajstić information content (AvgIpc) is 2.45. The minimum absolute atomic E-state index is 0.0215. The van der Waals surface area contributed by atoms with Crippen LogP contribution < -0.4 is 5.56 Å². The highest BCUT2D eigenvalue weighted by atomic mass is 35.5. The molecule has 2 aromatic rings. The second-order valence-electron chi connectivity index (χ2n) is 4.06. The van der Waals surface area contributed by atoms with Crippen LogP contribution in [0.5, 0.6) is 0 Å². The van der Waals surface area contributed by atoms with Crippen molar-refractivity contribution in [2.45, 2.75) is 18.5 Å². The third-order valence-electron chi connectivity index (χ3n) is 2.57. The molecule has 4 nitrogen and oxygen atoms in total. The van der Waals surface area contributed by atoms with Gasteiger partial charge in [0.2, 0.25) is 0 Å². The third-order valence-corrected chi connectivity index (χ3v) is 3.90. The normalized spacial score (nSPS) is 10.2. The number of hydrogen-bond acceptors (Lipinski definition) is 4. The first-order valence-corrected chi connectivity index (χ1v) is 7.45. The summed E-state index contributed by atoms with van der Waals surface area (Å²) in [5, 5.41) is 10.3. The molecule has 0 saturated heterocycles. The first-order valence-electron chi connectivity index (χ1n) is 6.09. The lowest BCUT2D eigenvalue weighted by molar-refractivity contribution is 0.931. The van der Waals surface area contributed by atoms with Crippen molar-refractivity contribution in [2.24, 2.45) is 0 Å². The van der Waals surface area contributed by atoms with Gasteiger partial charge in [0.05, 0.1) is 5.69 Å². The van der Waals surface area contributed by atoms with Crippen LogP contribution in [-0.4, -0.2) is 15.7 Å². The minimum Gasteiger partial charge on any atom is -0.300 e. The van der Waals surface area contributed by atoms with Crippen LogP contribution in [0.15, 0.2) is 34.2 Å². The molecule has 2 rings (SSSR count). The van der Waals surface area contributed by atoms with Gasteiger partial charge < -0.3 is 4.98 Å². The van der Waals surface area contributed by atoms with Crippen molar-refractivity contribution in [2.75, 3.05) is 5.75 Å². The Morgan fingerprint density at radius 1 is 1.40 bits per heavy atom. The van der Waals surface area contributed by atoms with Crippen molar-refractivity contribution in [1.29, 1.82) is 5.26 Å². The molecule has 0 spiro atoms. The summed E-state index contributed by atoms with van der Waals surface area (Å²) in [6.07, 6.45) is 0.977. The van der Waals surface area contributed by atoms with E-state index in [-0.39, 0.29) is 5.56 Å². The number of hydrogen-bond donors (Lipinski definition) is 1. The Kier molecular flexibility index (Phi) is 4.83. The number of nitriles is 1. The molecule has 0 radical (unpaired) electrons. The van der Waals surface area contributed by atoms with Crippen LogP contribution in [0, 0.1) is 11.3 Å². The molecule has 0 aliphatic carbocycles. The van der Waals surface area contributed by atoms with Crippen molar-refractivity contribution in [3.05, 3.63) is 45.2 Å². The number of H-pyrrole nitrogens is 1. The molecule has 0 unspecified atom stereocenters. The maximum absolute atomic E-state index is 11.9. The fourth-order valence-corrected chi connectivity index (χ4v) is 2.48. The van der Waals surface area contributed by atoms with Crippen LogP contribution in [0.1, 0.15) is 18.9 Å². The molecule has 0 atom stereocenters. The molecule has 0 aliphatic heterocycles. The fraction of sp³-hybridized carbons (Fsp3) is 0.214. The maximum atomic E-state index is 11.9. The molecule has 0 fully saturated rings. The Bertz CT molecular complexity index is 704. The minimum atomic E-state index is -0.411. The lowest BCUT2D eigenvalue weighted by Gasteiger charge is -2.06. The van der Waals surface area contributed by atoms with Crippen LogP contribution in [0.3, 0.4) is 0 Å². The van der Waals surface area contributed by atoms with Gasteiger partial charge in [0, 0.05) is 16.3 Å². The zero-order valence-corrected chi connectivity index (χ0v) is 12.4. The molecule has 0 saturated carbocycles. The van der Waals surface area contributed by atoms with E-state index in [1.165, 1.54) is 11.8 Å². The van der Waals surface area contributed by atoms with Gasteiger partial charge in [-0.15, -0.1) is 0 Å². The quantitative estimate of drug-likeness (QED) is 0.693. The number of aromatic amines is 1. The summed E-state index contributed by atoms with van der Waals surface area (Å²) in [6, 6.07) is 8.83. The van der Waals surface area contributed by atoms with E-state index in [0.717, 1.165) is 12.2 Å². The topological polar surface area (TPSA) is 69.5 Å². The third kappa shape index (κ3) is 3.21. The van der Waals surface area contributed by atoms with Crippen LogP contribution in [-0.2, 0) is 0 Å². The molecule has 6 heteroatoms. The molecule has 102 valence electrons. The predicted octanol–water partition coefficient (Wildman–Crippen LogP) is 3.46. The van der Waals surface area contributed by atoms with Crippen LogP contribution >= 0.6 is 23.4 Å². The summed E-state index contributed by atoms with van der Waals surface area (Å²) in [4.78, 5) is 19.0. The van der Waals surface area contributed by atoms with Gasteiger partial charge >= 0.3 is 0 Å². The number of thioether (sulfide) groups is 1. The number of halogens is 1. The number of nitrogens with one attached hydrogen (secondary N) is 1. The summed E-state index contributed by atoms with van der Waals surface area (Å²) >= 11 is 7.31. The number of rotatable bonds is 4. The van der Waals surface area contributed by atoms with Crippen molar-refractivity contribution < 1.29 is 0 Å². The molecule has 1 aromatic heterocycles. The van der Waals surface area contributed by atoms with Gasteiger partial charge in [0.1, 0.15) is 11.6 Å². The van der Waals surface area contributed by atoms with E-state index >= 15 is 0 Å². The monoisotopic (exact) mass is 305 g/mol. The van der Waals surface area contributed by atoms with E-state index < -0.39 is 5.56 Å². The molecule has 0 amide bonds. The molecule has 0 bridgehead atoms. The highest BCUT2D eigenvalue weighted by Crippen LogP contribution is 2.23. The standard InChI is InChI=1S/C14H12ClN3OS/c1-2-7-20-14-17-12(11(8-16)13(19)18-14)9-3-5-10(15)6-4-9/h3-6H,2,7H2,1H3,(H,17,18,19). The zero-order chi connectivity index (χ0) is 14.5. The predicted molar refractivity (Wildman–Crippen MR) is 81.0 cm³/mol. The first-order chi connectivity index (χ1) is 9.65. The van der Waals surface area contributed by atoms with E-state index in [1.807, 2.05) is 6.07 Å². The van der Waals surface area contributed by atoms with E-state index in [4.69, 9.17) is 16.9 Å². The summed E-state index contributed by atoms with van der Waals surface area (Å²) < 4.78 is 0. The maximum Gasteiger partial charge on any atom is 0.270 e. The summed E-state index contributed by atoms with van der Waals surface area (Å²) in [5.41, 5.74) is 0.709. The average molecular weight is 306 g/mol. The molecule has 1 N–H and O–H groups in total. The smallest absolute Gasteiger partial charge is 0.270 e. The van der Waals surface area contributed by atoms with Gasteiger partial charge in [-0.25, -0.2) is 4.98 Å². The molecule has 1 aromatic carbocycles. The summed E-state index contributed by atoms with van der Waals surface area (Å²) in [7, 11) is 0. The van der Waals surface area contributed by atoms with Gasteiger partial charge in [-0.1, -0.05) is 42.4 Å². The van der Waals surface area contributed by atoms with Crippen molar-refractivity contribution in [3.63, 3.8) is 0 Å².